The molecule has 2 rings (SSSR count). The van der Waals surface area contributed by atoms with E-state index in [2.05, 4.69) is 10.3 Å². The lowest BCUT2D eigenvalue weighted by molar-refractivity contribution is 0.0949. The molecular weight excluding hydrogens is 291 g/mol. The third-order valence-corrected chi connectivity index (χ3v) is 3.62. The van der Waals surface area contributed by atoms with Crippen LogP contribution >= 0.6 is 11.6 Å². The van der Waals surface area contributed by atoms with Crippen molar-refractivity contribution in [3.63, 3.8) is 0 Å². The summed E-state index contributed by atoms with van der Waals surface area (Å²) >= 11 is 5.99. The number of benzene rings is 1. The van der Waals surface area contributed by atoms with Crippen LogP contribution in [0.1, 0.15) is 28.0 Å². The molecule has 0 unspecified atom stereocenters. The van der Waals surface area contributed by atoms with Crippen LogP contribution in [0.5, 0.6) is 0 Å². The van der Waals surface area contributed by atoms with Crippen LogP contribution in [-0.4, -0.2) is 17.4 Å². The van der Waals surface area contributed by atoms with E-state index in [0.717, 1.165) is 18.5 Å². The third-order valence-electron chi connectivity index (χ3n) is 3.13. The number of halogens is 2. The minimum atomic E-state index is -0.604. The van der Waals surface area contributed by atoms with E-state index in [9.17, 15) is 9.18 Å². The molecule has 2 aromatic rings. The maximum Gasteiger partial charge on any atom is 0.255 e. The molecule has 21 heavy (non-hydrogen) atoms. The summed E-state index contributed by atoms with van der Waals surface area (Å²) < 4.78 is 13.7. The van der Waals surface area contributed by atoms with Gasteiger partial charge in [-0.3, -0.25) is 9.78 Å². The number of pyridine rings is 1. The van der Waals surface area contributed by atoms with Gasteiger partial charge >= 0.3 is 0 Å². The zero-order valence-electron chi connectivity index (χ0n) is 11.7. The normalized spacial score (nSPS) is 10.4. The van der Waals surface area contributed by atoms with Crippen LogP contribution in [0.2, 0.25) is 5.02 Å². The van der Waals surface area contributed by atoms with Gasteiger partial charge in [-0.15, -0.1) is 0 Å². The number of nitrogens with one attached hydrogen (secondary N) is 1. The van der Waals surface area contributed by atoms with Gasteiger partial charge in [-0.05, 0) is 43.5 Å². The average molecular weight is 307 g/mol. The van der Waals surface area contributed by atoms with E-state index in [1.807, 2.05) is 18.2 Å². The highest BCUT2D eigenvalue weighted by Gasteiger charge is 2.17. The minimum Gasteiger partial charge on any atom is -0.352 e. The molecule has 0 aliphatic heterocycles. The number of rotatable bonds is 5. The lowest BCUT2D eigenvalue weighted by Gasteiger charge is -2.09. The highest BCUT2D eigenvalue weighted by Crippen LogP contribution is 2.23. The highest BCUT2D eigenvalue weighted by atomic mass is 35.5. The number of hydrogen-bond donors (Lipinski definition) is 1. The average Bonchev–Trinajstić information content (AvgIpc) is 2.49. The highest BCUT2D eigenvalue weighted by molar-refractivity contribution is 6.34. The molecule has 1 amide bonds. The minimum absolute atomic E-state index is 0.0884. The van der Waals surface area contributed by atoms with Crippen molar-refractivity contribution in [1.29, 1.82) is 0 Å². The molecule has 0 saturated carbocycles. The lowest BCUT2D eigenvalue weighted by Crippen LogP contribution is -2.26. The van der Waals surface area contributed by atoms with Gasteiger partial charge in [-0.2, -0.15) is 0 Å². The maximum absolute atomic E-state index is 13.7. The maximum atomic E-state index is 13.7. The summed E-state index contributed by atoms with van der Waals surface area (Å²) in [7, 11) is 0. The lowest BCUT2D eigenvalue weighted by atomic mass is 10.1. The molecule has 1 aromatic heterocycles. The van der Waals surface area contributed by atoms with E-state index in [1.54, 1.807) is 19.2 Å². The van der Waals surface area contributed by atoms with Crippen LogP contribution < -0.4 is 5.32 Å². The van der Waals surface area contributed by atoms with Gasteiger partial charge in [0.25, 0.3) is 5.91 Å². The first-order valence-corrected chi connectivity index (χ1v) is 7.10. The molecule has 0 aliphatic rings. The molecular formula is C16H16ClFN2O. The fraction of sp³-hybridized carbons (Fsp3) is 0.250. The van der Waals surface area contributed by atoms with Crippen molar-refractivity contribution in [3.8, 4) is 0 Å². The molecule has 110 valence electrons. The molecule has 0 atom stereocenters. The Balaban J connectivity index is 1.89. The molecule has 0 radical (unpaired) electrons. The number of hydrogen-bond acceptors (Lipinski definition) is 2. The van der Waals surface area contributed by atoms with E-state index in [-0.39, 0.29) is 10.6 Å². The summed E-state index contributed by atoms with van der Waals surface area (Å²) in [4.78, 5) is 16.2. The van der Waals surface area contributed by atoms with Crippen LogP contribution in [0.4, 0.5) is 4.39 Å². The fourth-order valence-corrected chi connectivity index (χ4v) is 2.21. The van der Waals surface area contributed by atoms with Crippen LogP contribution in [-0.2, 0) is 6.42 Å². The van der Waals surface area contributed by atoms with Crippen molar-refractivity contribution in [2.45, 2.75) is 19.8 Å². The van der Waals surface area contributed by atoms with Crippen molar-refractivity contribution in [2.24, 2.45) is 0 Å². The molecule has 1 N–H and O–H groups in total. The zero-order valence-corrected chi connectivity index (χ0v) is 12.5. The first-order chi connectivity index (χ1) is 10.1. The van der Waals surface area contributed by atoms with Crippen LogP contribution in [0, 0.1) is 12.7 Å². The number of nitrogens with zero attached hydrogens (tertiary/aromatic N) is 1. The smallest absolute Gasteiger partial charge is 0.255 e. The Morgan fingerprint density at radius 3 is 2.86 bits per heavy atom. The SMILES string of the molecule is Cc1ccc(F)c(C(=O)NCCCc2ccccn2)c1Cl. The van der Waals surface area contributed by atoms with Crippen molar-refractivity contribution >= 4 is 17.5 Å². The van der Waals surface area contributed by atoms with Gasteiger partial charge in [0.15, 0.2) is 0 Å². The van der Waals surface area contributed by atoms with E-state index in [4.69, 9.17) is 11.6 Å². The Bertz CT molecular complexity index is 632. The monoisotopic (exact) mass is 306 g/mol. The Morgan fingerprint density at radius 2 is 2.14 bits per heavy atom. The summed E-state index contributed by atoms with van der Waals surface area (Å²) in [5, 5.41) is 2.85. The van der Waals surface area contributed by atoms with Crippen molar-refractivity contribution in [1.82, 2.24) is 10.3 Å². The Labute approximate surface area is 128 Å². The van der Waals surface area contributed by atoms with Crippen LogP contribution in [0.15, 0.2) is 36.5 Å². The number of amides is 1. The fourth-order valence-electron chi connectivity index (χ4n) is 1.97. The van der Waals surface area contributed by atoms with E-state index < -0.39 is 11.7 Å². The second-order valence-corrected chi connectivity index (χ2v) is 5.11. The molecule has 0 aliphatic carbocycles. The Kier molecular flexibility index (Phi) is 5.28. The Morgan fingerprint density at radius 1 is 1.33 bits per heavy atom. The van der Waals surface area contributed by atoms with Gasteiger partial charge in [0.05, 0.1) is 10.6 Å². The second kappa shape index (κ2) is 7.18. The summed E-state index contributed by atoms with van der Waals surface area (Å²) in [6, 6.07) is 8.51. The van der Waals surface area contributed by atoms with Crippen LogP contribution in [0.25, 0.3) is 0 Å². The quantitative estimate of drug-likeness (QED) is 0.858. The first-order valence-electron chi connectivity index (χ1n) is 6.72. The van der Waals surface area contributed by atoms with E-state index in [0.29, 0.717) is 12.1 Å². The molecule has 0 bridgehead atoms. The molecule has 0 fully saturated rings. The largest absolute Gasteiger partial charge is 0.352 e. The van der Waals surface area contributed by atoms with Crippen molar-refractivity contribution < 1.29 is 9.18 Å². The summed E-state index contributed by atoms with van der Waals surface area (Å²) in [5.41, 5.74) is 1.55. The number of aryl methyl sites for hydroxylation is 2. The molecule has 0 saturated heterocycles. The van der Waals surface area contributed by atoms with E-state index >= 15 is 0 Å². The van der Waals surface area contributed by atoms with Gasteiger partial charge < -0.3 is 5.32 Å². The third kappa shape index (κ3) is 4.02. The predicted molar refractivity (Wildman–Crippen MR) is 81.0 cm³/mol. The van der Waals surface area contributed by atoms with Gasteiger partial charge in [0.2, 0.25) is 0 Å². The molecule has 0 spiro atoms. The molecule has 3 nitrogen and oxygen atoms in total. The molecule has 5 heteroatoms. The van der Waals surface area contributed by atoms with Gasteiger partial charge in [0, 0.05) is 18.4 Å². The summed E-state index contributed by atoms with van der Waals surface area (Å²) in [6.07, 6.45) is 3.22. The standard InChI is InChI=1S/C16H16ClFN2O/c1-11-7-8-13(18)14(15(11)17)16(21)20-10-4-6-12-5-2-3-9-19-12/h2-3,5,7-9H,4,6,10H2,1H3,(H,20,21). The van der Waals surface area contributed by atoms with Gasteiger partial charge in [-0.25, -0.2) is 4.39 Å². The molecule has 1 heterocycles. The molecule has 1 aromatic carbocycles. The zero-order chi connectivity index (χ0) is 15.2. The summed E-state index contributed by atoms with van der Waals surface area (Å²) in [6.45, 7) is 2.18. The van der Waals surface area contributed by atoms with Gasteiger partial charge in [0.1, 0.15) is 5.82 Å². The number of aromatic nitrogens is 1. The number of carbonyl (C=O) groups excluding carboxylic acids is 1. The second-order valence-electron chi connectivity index (χ2n) is 4.73. The van der Waals surface area contributed by atoms with Crippen molar-refractivity contribution in [2.75, 3.05) is 6.54 Å². The topological polar surface area (TPSA) is 42.0 Å². The van der Waals surface area contributed by atoms with Crippen LogP contribution in [0.3, 0.4) is 0 Å². The van der Waals surface area contributed by atoms with Gasteiger partial charge in [-0.1, -0.05) is 23.7 Å². The van der Waals surface area contributed by atoms with E-state index in [1.165, 1.54) is 6.07 Å². The number of carbonyl (C=O) groups is 1. The van der Waals surface area contributed by atoms with Crippen molar-refractivity contribution in [3.05, 3.63) is 64.2 Å². The first kappa shape index (κ1) is 15.4. The Hall–Kier alpha value is -1.94. The summed E-state index contributed by atoms with van der Waals surface area (Å²) in [5.74, 6) is -1.09. The predicted octanol–water partition coefficient (Wildman–Crippen LogP) is 3.55.